The first-order valence-corrected chi connectivity index (χ1v) is 8.68. The number of likely N-dealkylation sites (N-methyl/N-ethyl adjacent to an activating group) is 2. The highest BCUT2D eigenvalue weighted by Crippen LogP contribution is 2.13. The summed E-state index contributed by atoms with van der Waals surface area (Å²) in [6.45, 7) is 11.1. The van der Waals surface area contributed by atoms with Gasteiger partial charge in [-0.1, -0.05) is 0 Å². The van der Waals surface area contributed by atoms with Gasteiger partial charge in [-0.3, -0.25) is 0 Å². The third-order valence-electron chi connectivity index (χ3n) is 4.65. The fourth-order valence-electron chi connectivity index (χ4n) is 2.69. The molecule has 0 saturated carbocycles. The second-order valence-electron chi connectivity index (χ2n) is 6.42. The minimum absolute atomic E-state index is 0. The lowest BCUT2D eigenvalue weighted by Gasteiger charge is -2.38. The average Bonchev–Trinajstić information content (AvgIpc) is 2.40. The van der Waals surface area contributed by atoms with Crippen LogP contribution in [0.2, 0.25) is 0 Å². The summed E-state index contributed by atoms with van der Waals surface area (Å²) in [7, 11) is 4.75. The largest absolute Gasteiger partial charge is 1.00 e. The van der Waals surface area contributed by atoms with Gasteiger partial charge in [-0.05, 0) is 0 Å². The van der Waals surface area contributed by atoms with Crippen molar-refractivity contribution in [3.8, 4) is 0 Å². The van der Waals surface area contributed by atoms with Crippen molar-refractivity contribution < 1.29 is 43.3 Å². The Morgan fingerprint density at radius 2 is 1.05 bits per heavy atom. The van der Waals surface area contributed by atoms with Crippen molar-refractivity contribution in [2.75, 3.05) is 91.3 Å². The van der Waals surface area contributed by atoms with Gasteiger partial charge in [0.15, 0.2) is 0 Å². The molecule has 7 heteroatoms. The van der Waals surface area contributed by atoms with Crippen LogP contribution in [0.5, 0.6) is 0 Å². The lowest BCUT2D eigenvalue weighted by molar-refractivity contribution is -0.915. The molecule has 0 bridgehead atoms. The molecule has 0 N–H and O–H groups in total. The second-order valence-corrected chi connectivity index (χ2v) is 7.64. The highest BCUT2D eigenvalue weighted by Gasteiger charge is 2.26. The molecule has 2 saturated heterocycles. The van der Waals surface area contributed by atoms with Crippen molar-refractivity contribution in [1.82, 2.24) is 0 Å². The van der Waals surface area contributed by atoms with Gasteiger partial charge in [-0.15, -0.1) is 0 Å². The van der Waals surface area contributed by atoms with E-state index >= 15 is 0 Å². The first-order valence-electron chi connectivity index (χ1n) is 7.52. The Balaban J connectivity index is 0.00000200. The molecule has 4 nitrogen and oxygen atoms in total. The molecule has 2 aliphatic heterocycles. The fraction of sp³-hybridized carbons (Fsp3) is 1.00. The van der Waals surface area contributed by atoms with E-state index in [-0.39, 0.29) is 24.8 Å². The lowest BCUT2D eigenvalue weighted by atomic mass is 10.3. The Bertz CT molecular complexity index is 248. The highest BCUT2D eigenvalue weighted by molar-refractivity contribution is 7.99. The van der Waals surface area contributed by atoms with Crippen molar-refractivity contribution in [1.29, 1.82) is 0 Å². The van der Waals surface area contributed by atoms with Crippen LogP contribution < -0.4 is 24.8 Å². The third kappa shape index (κ3) is 7.73. The van der Waals surface area contributed by atoms with E-state index in [1.54, 1.807) is 0 Å². The van der Waals surface area contributed by atoms with E-state index in [0.29, 0.717) is 0 Å². The van der Waals surface area contributed by atoms with Crippen molar-refractivity contribution in [2.24, 2.45) is 0 Å². The molecule has 0 aromatic heterocycles. The van der Waals surface area contributed by atoms with Crippen LogP contribution in [0.15, 0.2) is 0 Å². The first-order chi connectivity index (χ1) is 9.12. The molecule has 0 amide bonds. The predicted octanol–water partition coefficient (Wildman–Crippen LogP) is -5.32. The first kappa shape index (κ1) is 21.8. The lowest BCUT2D eigenvalue weighted by Crippen LogP contribution is -3.00. The molecule has 0 atom stereocenters. The van der Waals surface area contributed by atoms with Gasteiger partial charge >= 0.3 is 0 Å². The Morgan fingerprint density at radius 1 is 0.714 bits per heavy atom. The molecule has 2 aliphatic rings. The van der Waals surface area contributed by atoms with Gasteiger partial charge in [-0.2, -0.15) is 11.8 Å². The number of thioether (sulfide) groups is 1. The maximum absolute atomic E-state index is 5.45. The number of halogens is 2. The maximum Gasteiger partial charge on any atom is 0.102 e. The van der Waals surface area contributed by atoms with Crippen LogP contribution in [-0.4, -0.2) is 100 Å². The van der Waals surface area contributed by atoms with Crippen LogP contribution in [0, 0.1) is 0 Å². The predicted molar refractivity (Wildman–Crippen MR) is 80.5 cm³/mol. The molecule has 0 aliphatic carbocycles. The monoisotopic (exact) mass is 360 g/mol. The van der Waals surface area contributed by atoms with E-state index in [0.717, 1.165) is 26.4 Å². The molecular formula is C14H30Cl2N2O2S. The molecule has 128 valence electrons. The number of quaternary nitrogens is 2. The van der Waals surface area contributed by atoms with Crippen LogP contribution in [0.3, 0.4) is 0 Å². The molecule has 0 aromatic rings. The zero-order chi connectivity index (χ0) is 13.6. The van der Waals surface area contributed by atoms with Gasteiger partial charge in [0.1, 0.15) is 26.2 Å². The Kier molecular flexibility index (Phi) is 10.9. The Labute approximate surface area is 146 Å². The summed E-state index contributed by atoms with van der Waals surface area (Å²) in [6.07, 6.45) is 0. The minimum Gasteiger partial charge on any atom is -1.00 e. The standard InChI is InChI=1S/C14H30N2O2S.2ClH/c1-15(3-9-17-10-4-15)7-13-19-14-8-16(2)5-11-18-12-6-16;;/h3-14H2,1-2H3;2*1H/q+2;;/p-2. The molecule has 0 aromatic carbocycles. The summed E-state index contributed by atoms with van der Waals surface area (Å²) in [6, 6.07) is 0. The van der Waals surface area contributed by atoms with E-state index < -0.39 is 0 Å². The molecule has 0 radical (unpaired) electrons. The summed E-state index contributed by atoms with van der Waals surface area (Å²) >= 11 is 2.12. The van der Waals surface area contributed by atoms with Crippen molar-refractivity contribution in [2.45, 2.75) is 0 Å². The third-order valence-corrected chi connectivity index (χ3v) is 5.60. The van der Waals surface area contributed by atoms with Crippen molar-refractivity contribution in [3.05, 3.63) is 0 Å². The number of hydrogen-bond donors (Lipinski definition) is 0. The number of nitrogens with zero attached hydrogens (tertiary/aromatic N) is 2. The van der Waals surface area contributed by atoms with Crippen LogP contribution in [0.1, 0.15) is 0 Å². The number of morpholine rings is 2. The molecule has 2 fully saturated rings. The number of hydrogen-bond acceptors (Lipinski definition) is 3. The van der Waals surface area contributed by atoms with Gasteiger partial charge in [0.25, 0.3) is 0 Å². The van der Waals surface area contributed by atoms with E-state index in [1.165, 1.54) is 59.7 Å². The normalized spacial score (nSPS) is 23.7. The SMILES string of the molecule is C[N+]1(CCSCC[N+]2(C)CCOCC2)CCOCC1.[Cl-].[Cl-]. The van der Waals surface area contributed by atoms with Gasteiger partial charge in [0.05, 0.1) is 53.6 Å². The summed E-state index contributed by atoms with van der Waals surface area (Å²) in [5.74, 6) is 2.57. The summed E-state index contributed by atoms with van der Waals surface area (Å²) < 4.78 is 13.3. The van der Waals surface area contributed by atoms with Crippen molar-refractivity contribution in [3.63, 3.8) is 0 Å². The zero-order valence-electron chi connectivity index (χ0n) is 13.4. The van der Waals surface area contributed by atoms with Crippen LogP contribution in [-0.2, 0) is 9.47 Å². The Morgan fingerprint density at radius 3 is 1.38 bits per heavy atom. The minimum atomic E-state index is 0. The smallest absolute Gasteiger partial charge is 0.102 e. The summed E-state index contributed by atoms with van der Waals surface area (Å²) in [5, 5.41) is 0. The highest BCUT2D eigenvalue weighted by atomic mass is 35.5. The number of rotatable bonds is 6. The number of ether oxygens (including phenoxy) is 2. The van der Waals surface area contributed by atoms with Crippen LogP contribution in [0.25, 0.3) is 0 Å². The summed E-state index contributed by atoms with van der Waals surface area (Å²) in [5.41, 5.74) is 0. The molecule has 0 spiro atoms. The van der Waals surface area contributed by atoms with Gasteiger partial charge in [0, 0.05) is 11.5 Å². The molecule has 21 heavy (non-hydrogen) atoms. The van der Waals surface area contributed by atoms with Crippen LogP contribution in [0.4, 0.5) is 0 Å². The average molecular weight is 361 g/mol. The second kappa shape index (κ2) is 10.5. The Hall–Kier alpha value is 0.770. The van der Waals surface area contributed by atoms with Gasteiger partial charge in [-0.25, -0.2) is 0 Å². The quantitative estimate of drug-likeness (QED) is 0.348. The van der Waals surface area contributed by atoms with E-state index in [2.05, 4.69) is 25.9 Å². The topological polar surface area (TPSA) is 18.5 Å². The maximum atomic E-state index is 5.45. The summed E-state index contributed by atoms with van der Waals surface area (Å²) in [4.78, 5) is 0. The molecule has 0 unspecified atom stereocenters. The van der Waals surface area contributed by atoms with E-state index in [4.69, 9.17) is 9.47 Å². The van der Waals surface area contributed by atoms with Gasteiger partial charge in [0.2, 0.25) is 0 Å². The van der Waals surface area contributed by atoms with Gasteiger partial charge < -0.3 is 43.3 Å². The molecular weight excluding hydrogens is 331 g/mol. The zero-order valence-corrected chi connectivity index (χ0v) is 15.7. The van der Waals surface area contributed by atoms with Crippen LogP contribution >= 0.6 is 11.8 Å². The fourth-order valence-corrected chi connectivity index (χ4v) is 4.03. The van der Waals surface area contributed by atoms with E-state index in [1.807, 2.05) is 0 Å². The van der Waals surface area contributed by atoms with Crippen molar-refractivity contribution >= 4 is 11.8 Å². The van der Waals surface area contributed by atoms with E-state index in [9.17, 15) is 0 Å². The molecule has 2 rings (SSSR count). The molecule has 2 heterocycles.